The van der Waals surface area contributed by atoms with Gasteiger partial charge < -0.3 is 36.5 Å². The molecular weight excluding hydrogens is 760 g/mol. The molecule has 0 bridgehead atoms. The maximum absolute atomic E-state index is 17.5. The van der Waals surface area contributed by atoms with Crippen LogP contribution in [-0.4, -0.2) is 81.2 Å². The Labute approximate surface area is 341 Å². The van der Waals surface area contributed by atoms with Crippen LogP contribution in [0.15, 0.2) is 84.7 Å². The molecule has 1 amide bonds. The second-order valence-electron chi connectivity index (χ2n) is 17.1. The van der Waals surface area contributed by atoms with E-state index in [4.69, 9.17) is 20.9 Å². The van der Waals surface area contributed by atoms with E-state index in [9.17, 15) is 34.2 Å². The number of nitrogens with one attached hydrogen (secondary N) is 1. The third-order valence-electron chi connectivity index (χ3n) is 13.9. The fraction of sp³-hybridized carbons (Fsp3) is 0.467. The van der Waals surface area contributed by atoms with Crippen LogP contribution in [0, 0.1) is 28.6 Å². The van der Waals surface area contributed by atoms with Crippen LogP contribution >= 0.6 is 0 Å². The zero-order valence-corrected chi connectivity index (χ0v) is 33.4. The number of aromatic nitrogens is 1. The van der Waals surface area contributed by atoms with Crippen molar-refractivity contribution >= 4 is 45.9 Å². The number of Topliss-reactive ketones (excluding diaryl/α,β-unsaturated/α-hetero) is 1. The highest BCUT2D eigenvalue weighted by Gasteiger charge is 2.75. The molecule has 14 heteroatoms. The van der Waals surface area contributed by atoms with Crippen LogP contribution in [0.1, 0.15) is 69.9 Å². The van der Waals surface area contributed by atoms with Crippen LogP contribution in [0.3, 0.4) is 0 Å². The van der Waals surface area contributed by atoms with Gasteiger partial charge in [0.05, 0.1) is 18.4 Å². The average molecular weight is 811 g/mol. The highest BCUT2D eigenvalue weighted by molar-refractivity contribution is 6.01. The molecule has 1 aromatic heterocycles. The molecule has 3 fully saturated rings. The number of benzene rings is 2. The zero-order valence-electron chi connectivity index (χ0n) is 33.4. The van der Waals surface area contributed by atoms with E-state index in [0.717, 1.165) is 10.8 Å². The lowest BCUT2D eigenvalue weighted by molar-refractivity contribution is -0.220. The van der Waals surface area contributed by atoms with Gasteiger partial charge in [-0.05, 0) is 91.3 Å². The topological polar surface area (TPSA) is 221 Å². The first-order valence-corrected chi connectivity index (χ1v) is 20.0. The maximum Gasteiger partial charge on any atom is 0.323 e. The van der Waals surface area contributed by atoms with Crippen molar-refractivity contribution in [2.24, 2.45) is 40.1 Å². The van der Waals surface area contributed by atoms with Crippen molar-refractivity contribution < 1.29 is 48.0 Å². The SMILES string of the molecule is C[C@@H]1C[C@H]2[C@@H]3CCC4=CC(=O)C=C[C@]4(C)[C@@]3(F)[C@@H](O)C[C@]2(C)[C@@]1(O)C(=O)COC(=O)C[C@H](N)C(=O)OCc1cccc([C@@H](CN)C(=O)Nc2ccc3cnccc3c2)c1. The van der Waals surface area contributed by atoms with Gasteiger partial charge in [0.15, 0.2) is 18.1 Å². The Morgan fingerprint density at radius 2 is 1.85 bits per heavy atom. The number of rotatable bonds is 12. The van der Waals surface area contributed by atoms with Crippen LogP contribution in [-0.2, 0) is 40.1 Å². The molecule has 13 nitrogen and oxygen atoms in total. The number of amides is 1. The zero-order chi connectivity index (χ0) is 42.5. The lowest BCUT2D eigenvalue weighted by Crippen LogP contribution is -2.69. The number of nitrogens with zero attached hydrogens (tertiary/aromatic N) is 1. The summed E-state index contributed by atoms with van der Waals surface area (Å²) in [6.45, 7) is 4.06. The summed E-state index contributed by atoms with van der Waals surface area (Å²) in [5, 5.41) is 28.5. The molecule has 7 rings (SSSR count). The summed E-state index contributed by atoms with van der Waals surface area (Å²) in [6.07, 6.45) is 6.40. The molecule has 0 unspecified atom stereocenters. The van der Waals surface area contributed by atoms with Crippen LogP contribution in [0.25, 0.3) is 10.8 Å². The normalized spacial score (nSPS) is 31.9. The summed E-state index contributed by atoms with van der Waals surface area (Å²) in [4.78, 5) is 69.1. The number of anilines is 1. The number of carbonyl (C=O) groups excluding carboxylic acids is 5. The van der Waals surface area contributed by atoms with Gasteiger partial charge in [0.2, 0.25) is 11.7 Å². The molecule has 1 heterocycles. The second kappa shape index (κ2) is 15.8. The molecule has 0 aliphatic heterocycles. The molecule has 312 valence electrons. The number of esters is 2. The third-order valence-corrected chi connectivity index (χ3v) is 13.9. The number of allylic oxidation sites excluding steroid dienone is 4. The lowest BCUT2D eigenvalue weighted by Gasteiger charge is -2.62. The van der Waals surface area contributed by atoms with Crippen molar-refractivity contribution in [1.29, 1.82) is 0 Å². The van der Waals surface area contributed by atoms with Crippen molar-refractivity contribution in [2.75, 3.05) is 18.5 Å². The van der Waals surface area contributed by atoms with E-state index in [0.29, 0.717) is 41.6 Å². The third kappa shape index (κ3) is 7.09. The number of ether oxygens (including phenoxy) is 2. The van der Waals surface area contributed by atoms with E-state index >= 15 is 4.39 Å². The fourth-order valence-corrected chi connectivity index (χ4v) is 10.7. The number of pyridine rings is 1. The summed E-state index contributed by atoms with van der Waals surface area (Å²) in [6, 6.07) is 12.7. The molecule has 59 heavy (non-hydrogen) atoms. The predicted octanol–water partition coefficient (Wildman–Crippen LogP) is 4.14. The minimum Gasteiger partial charge on any atom is -0.460 e. The Hall–Kier alpha value is -5.15. The van der Waals surface area contributed by atoms with Gasteiger partial charge in [-0.3, -0.25) is 29.0 Å². The van der Waals surface area contributed by atoms with Gasteiger partial charge in [-0.15, -0.1) is 0 Å². The smallest absolute Gasteiger partial charge is 0.323 e. The van der Waals surface area contributed by atoms with Crippen LogP contribution in [0.5, 0.6) is 0 Å². The van der Waals surface area contributed by atoms with Crippen molar-refractivity contribution in [3.8, 4) is 0 Å². The maximum atomic E-state index is 17.5. The number of nitrogens with two attached hydrogens (primary N) is 2. The Balaban J connectivity index is 0.928. The molecule has 4 aliphatic rings. The summed E-state index contributed by atoms with van der Waals surface area (Å²) < 4.78 is 28.1. The number of fused-ring (bicyclic) bond motifs is 6. The van der Waals surface area contributed by atoms with Crippen molar-refractivity contribution in [2.45, 2.75) is 88.8 Å². The minimum absolute atomic E-state index is 0.0128. The molecule has 7 N–H and O–H groups in total. The van der Waals surface area contributed by atoms with Crippen molar-refractivity contribution in [3.63, 3.8) is 0 Å². The van der Waals surface area contributed by atoms with Crippen LogP contribution < -0.4 is 16.8 Å². The number of halogens is 1. The Kier molecular flexibility index (Phi) is 11.2. The first-order valence-electron chi connectivity index (χ1n) is 20.0. The van der Waals surface area contributed by atoms with Gasteiger partial charge in [-0.2, -0.15) is 0 Å². The number of alkyl halides is 1. The van der Waals surface area contributed by atoms with Gasteiger partial charge in [0.25, 0.3) is 0 Å². The van der Waals surface area contributed by atoms with E-state index in [2.05, 4.69) is 10.3 Å². The molecule has 4 aliphatic carbocycles. The number of ketones is 2. The van der Waals surface area contributed by atoms with Gasteiger partial charge >= 0.3 is 11.9 Å². The summed E-state index contributed by atoms with van der Waals surface area (Å²) in [7, 11) is 0. The predicted molar refractivity (Wildman–Crippen MR) is 215 cm³/mol. The Morgan fingerprint density at radius 1 is 1.07 bits per heavy atom. The number of carbonyl (C=O) groups is 5. The van der Waals surface area contributed by atoms with E-state index in [1.54, 1.807) is 69.6 Å². The quantitative estimate of drug-likeness (QED) is 0.163. The Morgan fingerprint density at radius 3 is 2.61 bits per heavy atom. The molecule has 2 aromatic carbocycles. The molecule has 0 radical (unpaired) electrons. The van der Waals surface area contributed by atoms with Gasteiger partial charge in [0.1, 0.15) is 18.2 Å². The molecule has 3 saturated carbocycles. The molecule has 3 aromatic rings. The number of aliphatic hydroxyl groups excluding tert-OH is 1. The Bertz CT molecular complexity index is 2260. The highest BCUT2D eigenvalue weighted by Crippen LogP contribution is 2.70. The minimum atomic E-state index is -2.13. The summed E-state index contributed by atoms with van der Waals surface area (Å²) >= 11 is 0. The molecule has 0 spiro atoms. The van der Waals surface area contributed by atoms with Gasteiger partial charge in [-0.25, -0.2) is 4.39 Å². The van der Waals surface area contributed by atoms with Gasteiger partial charge in [0, 0.05) is 46.8 Å². The van der Waals surface area contributed by atoms with E-state index in [1.807, 2.05) is 18.2 Å². The standard InChI is InChI=1S/C45H51FN4O9/c1-25-15-35-34-10-8-30-18-32(51)11-13-42(30,2)44(34,46)37(52)20-43(35,3)45(25,57)38(53)24-58-39(54)19-36(48)41(56)59-23-26-5-4-6-28(16-26)33(21-47)40(55)50-31-9-7-29-22-49-14-12-27(29)17-31/h4-7,9,11-14,16-18,22,25,33-37,52,57H,8,10,15,19-21,23-24,47-48H2,1-3H3,(H,50,55)/t25-,33-,34+,35+,36+,37+,42+,43+,44+,45+/m1/s1. The molecular formula is C45H51FN4O9. The summed E-state index contributed by atoms with van der Waals surface area (Å²) in [5.41, 5.74) is 7.73. The highest BCUT2D eigenvalue weighted by atomic mass is 19.1. The number of aliphatic hydroxyl groups is 2. The van der Waals surface area contributed by atoms with E-state index < -0.39 is 88.7 Å². The van der Waals surface area contributed by atoms with Crippen molar-refractivity contribution in [1.82, 2.24) is 4.98 Å². The monoisotopic (exact) mass is 810 g/mol. The van der Waals surface area contributed by atoms with Crippen LogP contribution in [0.4, 0.5) is 10.1 Å². The van der Waals surface area contributed by atoms with Crippen molar-refractivity contribution in [3.05, 3.63) is 95.9 Å². The van der Waals surface area contributed by atoms with E-state index in [-0.39, 0.29) is 31.3 Å². The van der Waals surface area contributed by atoms with Crippen LogP contribution in [0.2, 0.25) is 0 Å². The first-order chi connectivity index (χ1) is 28.0. The van der Waals surface area contributed by atoms with E-state index in [1.165, 1.54) is 12.2 Å². The lowest BCUT2D eigenvalue weighted by atomic mass is 9.44. The molecule has 10 atom stereocenters. The van der Waals surface area contributed by atoms with Gasteiger partial charge in [-0.1, -0.05) is 55.8 Å². The average Bonchev–Trinajstić information content (AvgIpc) is 3.41. The number of hydrogen-bond donors (Lipinski definition) is 5. The second-order valence-corrected chi connectivity index (χ2v) is 17.1. The summed E-state index contributed by atoms with van der Waals surface area (Å²) in [5.74, 6) is -5.77. The largest absolute Gasteiger partial charge is 0.460 e. The number of hydrogen-bond acceptors (Lipinski definition) is 12. The first kappa shape index (κ1) is 42.0. The fourth-order valence-electron chi connectivity index (χ4n) is 10.7. The molecule has 0 saturated heterocycles.